The Hall–Kier alpha value is -1.30. The summed E-state index contributed by atoms with van der Waals surface area (Å²) in [4.78, 5) is 21.2. The fourth-order valence-electron chi connectivity index (χ4n) is 4.66. The van der Waals surface area contributed by atoms with E-state index in [1.807, 2.05) is 11.9 Å². The highest BCUT2D eigenvalue weighted by Gasteiger charge is 2.31. The third-order valence-electron chi connectivity index (χ3n) is 6.19. The van der Waals surface area contributed by atoms with Gasteiger partial charge in [0, 0.05) is 46.4 Å². The Morgan fingerprint density at radius 2 is 1.88 bits per heavy atom. The van der Waals surface area contributed by atoms with Crippen LogP contribution in [0.2, 0.25) is 0 Å². The van der Waals surface area contributed by atoms with Crippen LogP contribution in [0.4, 0.5) is 0 Å². The minimum Gasteiger partial charge on any atom is -0.368 e. The lowest BCUT2D eigenvalue weighted by Crippen LogP contribution is -2.55. The second-order valence-electron chi connectivity index (χ2n) is 8.21. The van der Waals surface area contributed by atoms with Crippen LogP contribution in [-0.2, 0) is 9.53 Å². The number of carbonyl (C=O) groups excluding carboxylic acids is 1. The van der Waals surface area contributed by atoms with Crippen molar-refractivity contribution in [2.75, 3.05) is 46.4 Å². The van der Waals surface area contributed by atoms with Gasteiger partial charge in [-0.15, -0.1) is 0 Å². The van der Waals surface area contributed by atoms with E-state index < -0.39 is 0 Å². The number of hydrogen-bond donors (Lipinski definition) is 1. The van der Waals surface area contributed by atoms with E-state index in [1.165, 1.54) is 32.1 Å². The number of aliphatic imine (C=N–C) groups is 1. The summed E-state index contributed by atoms with van der Waals surface area (Å²) in [5.74, 6) is 2.92. The summed E-state index contributed by atoms with van der Waals surface area (Å²) < 4.78 is 5.54. The van der Waals surface area contributed by atoms with Gasteiger partial charge in [0.05, 0.1) is 0 Å². The molecule has 2 aliphatic heterocycles. The highest BCUT2D eigenvalue weighted by molar-refractivity contribution is 5.82. The molecule has 6 nitrogen and oxygen atoms in total. The molecule has 0 radical (unpaired) electrons. The average Bonchev–Trinajstić information content (AvgIpc) is 3.20. The fraction of sp³-hybridized carbons (Fsp3) is 0.900. The molecular formula is C20H36N4O2. The van der Waals surface area contributed by atoms with E-state index in [4.69, 9.17) is 4.74 Å². The molecule has 3 fully saturated rings. The second kappa shape index (κ2) is 9.58. The molecule has 3 unspecified atom stereocenters. The number of piperazine rings is 1. The summed E-state index contributed by atoms with van der Waals surface area (Å²) in [6.45, 7) is 7.33. The van der Waals surface area contributed by atoms with Gasteiger partial charge >= 0.3 is 0 Å². The van der Waals surface area contributed by atoms with Crippen LogP contribution in [0.15, 0.2) is 4.99 Å². The Balaban J connectivity index is 1.38. The first-order chi connectivity index (χ1) is 12.7. The Morgan fingerprint density at radius 3 is 2.54 bits per heavy atom. The molecule has 1 saturated carbocycles. The number of rotatable bonds is 4. The first-order valence-electron chi connectivity index (χ1n) is 10.5. The van der Waals surface area contributed by atoms with Gasteiger partial charge in [-0.1, -0.05) is 26.2 Å². The van der Waals surface area contributed by atoms with Gasteiger partial charge in [0.2, 0.25) is 0 Å². The molecule has 3 aliphatic rings. The van der Waals surface area contributed by atoms with Crippen molar-refractivity contribution < 1.29 is 9.53 Å². The van der Waals surface area contributed by atoms with Gasteiger partial charge in [-0.3, -0.25) is 9.79 Å². The van der Waals surface area contributed by atoms with Crippen LogP contribution in [0.3, 0.4) is 0 Å². The number of hydrogen-bond acceptors (Lipinski definition) is 3. The molecule has 2 saturated heterocycles. The van der Waals surface area contributed by atoms with Crippen molar-refractivity contribution in [1.29, 1.82) is 0 Å². The van der Waals surface area contributed by atoms with Crippen molar-refractivity contribution in [3.63, 3.8) is 0 Å². The van der Waals surface area contributed by atoms with Crippen LogP contribution < -0.4 is 5.32 Å². The normalized spacial score (nSPS) is 30.5. The van der Waals surface area contributed by atoms with Crippen LogP contribution in [0.25, 0.3) is 0 Å². The number of guanidine groups is 1. The maximum Gasteiger partial charge on any atom is 0.251 e. The predicted molar refractivity (Wildman–Crippen MR) is 104 cm³/mol. The second-order valence-corrected chi connectivity index (χ2v) is 8.21. The van der Waals surface area contributed by atoms with E-state index in [0.29, 0.717) is 0 Å². The lowest BCUT2D eigenvalue weighted by Gasteiger charge is -2.37. The van der Waals surface area contributed by atoms with Gasteiger partial charge in [0.25, 0.3) is 5.91 Å². The molecule has 0 aromatic rings. The monoisotopic (exact) mass is 364 g/mol. The van der Waals surface area contributed by atoms with Crippen molar-refractivity contribution >= 4 is 11.9 Å². The average molecular weight is 365 g/mol. The summed E-state index contributed by atoms with van der Waals surface area (Å²) in [5.41, 5.74) is 0. The Morgan fingerprint density at radius 1 is 1.12 bits per heavy atom. The smallest absolute Gasteiger partial charge is 0.251 e. The maximum atomic E-state index is 12.5. The summed E-state index contributed by atoms with van der Waals surface area (Å²) >= 11 is 0. The molecule has 3 atom stereocenters. The third kappa shape index (κ3) is 5.12. The molecule has 6 heteroatoms. The molecule has 1 amide bonds. The molecule has 26 heavy (non-hydrogen) atoms. The van der Waals surface area contributed by atoms with Crippen molar-refractivity contribution in [3.8, 4) is 0 Å². The fourth-order valence-corrected chi connectivity index (χ4v) is 4.66. The lowest BCUT2D eigenvalue weighted by atomic mass is 9.81. The predicted octanol–water partition coefficient (Wildman–Crippen LogP) is 2.10. The third-order valence-corrected chi connectivity index (χ3v) is 6.19. The van der Waals surface area contributed by atoms with Gasteiger partial charge in [-0.25, -0.2) is 0 Å². The molecule has 0 spiro atoms. The topological polar surface area (TPSA) is 57.2 Å². The Bertz CT molecular complexity index is 482. The molecule has 2 heterocycles. The van der Waals surface area contributed by atoms with Crippen molar-refractivity contribution in [2.24, 2.45) is 16.8 Å². The largest absolute Gasteiger partial charge is 0.368 e. The molecule has 0 aromatic heterocycles. The Kier molecular flexibility index (Phi) is 7.17. The summed E-state index contributed by atoms with van der Waals surface area (Å²) in [6.07, 6.45) is 8.48. The van der Waals surface area contributed by atoms with Gasteiger partial charge in [0.1, 0.15) is 6.10 Å². The van der Waals surface area contributed by atoms with E-state index >= 15 is 0 Å². The highest BCUT2D eigenvalue weighted by atomic mass is 16.5. The highest BCUT2D eigenvalue weighted by Crippen LogP contribution is 2.30. The van der Waals surface area contributed by atoms with Crippen LogP contribution >= 0.6 is 0 Å². The molecule has 0 aromatic carbocycles. The standard InChI is InChI=1S/C20H36N4O2/c1-16-5-3-6-17(15-16)8-9-22-20(21-2)24-12-10-23(11-13-24)19(25)18-7-4-14-26-18/h16-18H,3-15H2,1-2H3,(H,21,22). The minimum atomic E-state index is -0.197. The van der Waals surface area contributed by atoms with Crippen LogP contribution in [0, 0.1) is 11.8 Å². The van der Waals surface area contributed by atoms with E-state index in [2.05, 4.69) is 22.1 Å². The first-order valence-corrected chi connectivity index (χ1v) is 10.5. The van der Waals surface area contributed by atoms with Crippen molar-refractivity contribution in [1.82, 2.24) is 15.1 Å². The summed E-state index contributed by atoms with van der Waals surface area (Å²) in [6, 6.07) is 0. The van der Waals surface area contributed by atoms with Crippen LogP contribution in [-0.4, -0.2) is 74.1 Å². The maximum absolute atomic E-state index is 12.5. The van der Waals surface area contributed by atoms with Gasteiger partial charge in [-0.2, -0.15) is 0 Å². The molecule has 1 N–H and O–H groups in total. The first kappa shape index (κ1) is 19.5. The van der Waals surface area contributed by atoms with Gasteiger partial charge < -0.3 is 19.9 Å². The minimum absolute atomic E-state index is 0.177. The number of nitrogens with zero attached hydrogens (tertiary/aromatic N) is 3. The van der Waals surface area contributed by atoms with Crippen molar-refractivity contribution in [3.05, 3.63) is 0 Å². The van der Waals surface area contributed by atoms with E-state index in [1.54, 1.807) is 0 Å². The van der Waals surface area contributed by atoms with E-state index in [-0.39, 0.29) is 12.0 Å². The Labute approximate surface area is 158 Å². The molecular weight excluding hydrogens is 328 g/mol. The van der Waals surface area contributed by atoms with Crippen LogP contribution in [0.5, 0.6) is 0 Å². The quantitative estimate of drug-likeness (QED) is 0.613. The summed E-state index contributed by atoms with van der Waals surface area (Å²) in [5, 5.41) is 3.55. The zero-order valence-corrected chi connectivity index (χ0v) is 16.6. The number of amides is 1. The number of carbonyl (C=O) groups is 1. The molecule has 3 rings (SSSR count). The van der Waals surface area contributed by atoms with Gasteiger partial charge in [-0.05, 0) is 37.5 Å². The lowest BCUT2D eigenvalue weighted by molar-refractivity contribution is -0.142. The number of nitrogens with one attached hydrogen (secondary N) is 1. The zero-order chi connectivity index (χ0) is 18.4. The SMILES string of the molecule is CN=C(NCCC1CCCC(C)C1)N1CCN(C(=O)C2CCCO2)CC1. The molecule has 0 bridgehead atoms. The molecule has 148 valence electrons. The zero-order valence-electron chi connectivity index (χ0n) is 16.6. The molecule has 1 aliphatic carbocycles. The summed E-state index contributed by atoms with van der Waals surface area (Å²) in [7, 11) is 1.86. The van der Waals surface area contributed by atoms with Crippen molar-refractivity contribution in [2.45, 2.75) is 58.0 Å². The van der Waals surface area contributed by atoms with Crippen LogP contribution in [0.1, 0.15) is 51.9 Å². The van der Waals surface area contributed by atoms with Gasteiger partial charge in [0.15, 0.2) is 5.96 Å². The van der Waals surface area contributed by atoms with E-state index in [0.717, 1.165) is 70.0 Å². The van der Waals surface area contributed by atoms with E-state index in [9.17, 15) is 4.79 Å². The number of ether oxygens (including phenoxy) is 1.